The van der Waals surface area contributed by atoms with E-state index in [4.69, 9.17) is 11.6 Å². The van der Waals surface area contributed by atoms with Gasteiger partial charge in [-0.05, 0) is 80.9 Å². The van der Waals surface area contributed by atoms with Crippen molar-refractivity contribution in [2.75, 3.05) is 32.7 Å². The number of benzene rings is 2. The summed E-state index contributed by atoms with van der Waals surface area (Å²) >= 11 is 6.18. The molecule has 32 heavy (non-hydrogen) atoms. The molecule has 2 amide bonds. The number of amides is 2. The fraction of sp³-hybridized carbons (Fsp3) is 0.462. The van der Waals surface area contributed by atoms with E-state index in [1.807, 2.05) is 42.2 Å². The van der Waals surface area contributed by atoms with Crippen molar-refractivity contribution in [3.63, 3.8) is 0 Å². The molecule has 1 aliphatic rings. The molecule has 2 aromatic carbocycles. The van der Waals surface area contributed by atoms with E-state index in [1.54, 1.807) is 0 Å². The van der Waals surface area contributed by atoms with E-state index in [-0.39, 0.29) is 11.8 Å². The topological polar surface area (TPSA) is 61.4 Å². The highest BCUT2D eigenvalue weighted by Gasteiger charge is 2.19. The van der Waals surface area contributed by atoms with Crippen LogP contribution >= 0.6 is 11.6 Å². The second-order valence-corrected chi connectivity index (χ2v) is 8.68. The van der Waals surface area contributed by atoms with Gasteiger partial charge in [0.15, 0.2) is 5.78 Å². The highest BCUT2D eigenvalue weighted by molar-refractivity contribution is 6.31. The maximum absolute atomic E-state index is 12.7. The zero-order valence-corrected chi connectivity index (χ0v) is 19.7. The molecule has 6 heteroatoms. The highest BCUT2D eigenvalue weighted by atomic mass is 35.5. The second-order valence-electron chi connectivity index (χ2n) is 8.28. The smallest absolute Gasteiger partial charge is 0.317 e. The number of Topliss-reactive ketones (excluding diaryl/α,β-unsaturated/α-hetero) is 1. The van der Waals surface area contributed by atoms with E-state index in [9.17, 15) is 9.59 Å². The third-order valence-corrected chi connectivity index (χ3v) is 6.35. The first kappa shape index (κ1) is 24.3. The summed E-state index contributed by atoms with van der Waals surface area (Å²) in [5.41, 5.74) is 4.40. The molecule has 0 saturated heterocycles. The van der Waals surface area contributed by atoms with Gasteiger partial charge in [0.25, 0.3) is 0 Å². The molecule has 0 atom stereocenters. The second kappa shape index (κ2) is 12.6. The Labute approximate surface area is 196 Å². The molecular weight excluding hydrogens is 422 g/mol. The van der Waals surface area contributed by atoms with Gasteiger partial charge in [-0.15, -0.1) is 0 Å². The average Bonchev–Trinajstić information content (AvgIpc) is 3.02. The first-order valence-electron chi connectivity index (χ1n) is 11.7. The lowest BCUT2D eigenvalue weighted by atomic mass is 9.97. The van der Waals surface area contributed by atoms with Gasteiger partial charge in [0.1, 0.15) is 0 Å². The maximum atomic E-state index is 12.7. The zero-order chi connectivity index (χ0) is 22.8. The molecule has 0 unspecified atom stereocenters. The molecule has 2 aromatic rings. The fourth-order valence-corrected chi connectivity index (χ4v) is 4.32. The Morgan fingerprint density at radius 2 is 1.78 bits per heavy atom. The molecule has 1 aliphatic heterocycles. The van der Waals surface area contributed by atoms with E-state index in [2.05, 4.69) is 22.8 Å². The molecule has 3 rings (SSSR count). The maximum Gasteiger partial charge on any atom is 0.317 e. The molecule has 0 saturated carbocycles. The summed E-state index contributed by atoms with van der Waals surface area (Å²) in [6.07, 6.45) is 4.95. The van der Waals surface area contributed by atoms with Crippen LogP contribution in [0.2, 0.25) is 5.02 Å². The van der Waals surface area contributed by atoms with Crippen LogP contribution in [0.1, 0.15) is 53.2 Å². The number of hydrogen-bond acceptors (Lipinski definition) is 3. The Balaban J connectivity index is 1.38. The van der Waals surface area contributed by atoms with Crippen molar-refractivity contribution in [2.24, 2.45) is 0 Å². The van der Waals surface area contributed by atoms with Gasteiger partial charge in [-0.1, -0.05) is 41.9 Å². The number of nitrogens with one attached hydrogen (secondary N) is 2. The first-order valence-corrected chi connectivity index (χ1v) is 12.1. The predicted octanol–water partition coefficient (Wildman–Crippen LogP) is 4.66. The molecule has 2 N–H and O–H groups in total. The summed E-state index contributed by atoms with van der Waals surface area (Å²) in [4.78, 5) is 26.7. The Bertz CT molecular complexity index is 916. The van der Waals surface area contributed by atoms with Crippen LogP contribution in [0.5, 0.6) is 0 Å². The number of rotatable bonds is 10. The van der Waals surface area contributed by atoms with Crippen LogP contribution in [0.15, 0.2) is 42.5 Å². The van der Waals surface area contributed by atoms with E-state index in [1.165, 1.54) is 11.1 Å². The van der Waals surface area contributed by atoms with Crippen molar-refractivity contribution in [1.29, 1.82) is 0 Å². The van der Waals surface area contributed by atoms with Crippen LogP contribution in [0.4, 0.5) is 4.79 Å². The van der Waals surface area contributed by atoms with Crippen LogP contribution in [0.3, 0.4) is 0 Å². The lowest BCUT2D eigenvalue weighted by molar-refractivity contribution is 0.0979. The monoisotopic (exact) mass is 455 g/mol. The number of carbonyl (C=O) groups excluding carboxylic acids is 2. The minimum Gasteiger partial charge on any atom is -0.338 e. The minimum absolute atomic E-state index is 0.00270. The van der Waals surface area contributed by atoms with Crippen LogP contribution < -0.4 is 10.6 Å². The number of carbonyl (C=O) groups is 2. The molecule has 0 spiro atoms. The van der Waals surface area contributed by atoms with E-state index in [0.29, 0.717) is 19.5 Å². The van der Waals surface area contributed by atoms with Crippen LogP contribution in [-0.2, 0) is 19.3 Å². The van der Waals surface area contributed by atoms with E-state index >= 15 is 0 Å². The van der Waals surface area contributed by atoms with Crippen molar-refractivity contribution in [3.8, 4) is 0 Å². The molecule has 172 valence electrons. The van der Waals surface area contributed by atoms with Gasteiger partial charge in [-0.25, -0.2) is 4.79 Å². The van der Waals surface area contributed by atoms with Crippen LogP contribution in [0, 0.1) is 0 Å². The van der Waals surface area contributed by atoms with Gasteiger partial charge in [0, 0.05) is 36.6 Å². The van der Waals surface area contributed by atoms with Crippen LogP contribution in [-0.4, -0.2) is 49.4 Å². The van der Waals surface area contributed by atoms with E-state index in [0.717, 1.165) is 67.9 Å². The van der Waals surface area contributed by atoms with E-state index < -0.39 is 0 Å². The Morgan fingerprint density at radius 3 is 2.56 bits per heavy atom. The summed E-state index contributed by atoms with van der Waals surface area (Å²) in [7, 11) is 0. The summed E-state index contributed by atoms with van der Waals surface area (Å²) in [5, 5.41) is 7.13. The fourth-order valence-electron chi connectivity index (χ4n) is 4.09. The molecular formula is C26H34ClN3O2. The standard InChI is InChI=1S/C26H34ClN3O2/c1-2-29-26(32)30-17-13-20-10-11-23(19-22(20)14-18-30)25(31)9-5-6-15-28-16-12-21-7-3-4-8-24(21)27/h3-4,7-8,10-11,19,28H,2,5-6,9,12-18H2,1H3,(H,29,32). The number of hydrogen-bond donors (Lipinski definition) is 2. The first-order chi connectivity index (χ1) is 15.6. The molecule has 0 aromatic heterocycles. The van der Waals surface area contributed by atoms with Crippen LogP contribution in [0.25, 0.3) is 0 Å². The Hall–Kier alpha value is -2.37. The van der Waals surface area contributed by atoms with Crippen molar-refractivity contribution in [1.82, 2.24) is 15.5 Å². The number of unbranched alkanes of at least 4 members (excludes halogenated alkanes) is 1. The number of nitrogens with zero attached hydrogens (tertiary/aromatic N) is 1. The van der Waals surface area contributed by atoms with Gasteiger partial charge < -0.3 is 15.5 Å². The number of fused-ring (bicyclic) bond motifs is 1. The molecule has 0 aliphatic carbocycles. The summed E-state index contributed by atoms with van der Waals surface area (Å²) < 4.78 is 0. The average molecular weight is 456 g/mol. The lowest BCUT2D eigenvalue weighted by Gasteiger charge is -2.20. The van der Waals surface area contributed by atoms with Crippen molar-refractivity contribution in [2.45, 2.75) is 45.4 Å². The van der Waals surface area contributed by atoms with Gasteiger partial charge in [0.2, 0.25) is 0 Å². The lowest BCUT2D eigenvalue weighted by Crippen LogP contribution is -2.41. The molecule has 1 heterocycles. The highest BCUT2D eigenvalue weighted by Crippen LogP contribution is 2.20. The SMILES string of the molecule is CCNC(=O)N1CCc2ccc(C(=O)CCCCNCCc3ccccc3Cl)cc2CC1. The van der Waals surface area contributed by atoms with Gasteiger partial charge >= 0.3 is 6.03 Å². The molecule has 0 fully saturated rings. The molecule has 5 nitrogen and oxygen atoms in total. The number of urea groups is 1. The summed E-state index contributed by atoms with van der Waals surface area (Å²) in [6, 6.07) is 14.0. The predicted molar refractivity (Wildman–Crippen MR) is 131 cm³/mol. The van der Waals surface area contributed by atoms with Gasteiger partial charge in [-0.2, -0.15) is 0 Å². The van der Waals surface area contributed by atoms with Crippen molar-refractivity contribution in [3.05, 3.63) is 69.7 Å². The Morgan fingerprint density at radius 1 is 1.00 bits per heavy atom. The quantitative estimate of drug-likeness (QED) is 0.404. The third-order valence-electron chi connectivity index (χ3n) is 5.98. The minimum atomic E-state index is -0.00270. The third kappa shape index (κ3) is 7.07. The number of halogens is 1. The van der Waals surface area contributed by atoms with Gasteiger partial charge in [-0.3, -0.25) is 4.79 Å². The largest absolute Gasteiger partial charge is 0.338 e. The van der Waals surface area contributed by atoms with Crippen molar-refractivity contribution >= 4 is 23.4 Å². The van der Waals surface area contributed by atoms with Crippen molar-refractivity contribution < 1.29 is 9.59 Å². The van der Waals surface area contributed by atoms with Gasteiger partial charge in [0.05, 0.1) is 0 Å². The summed E-state index contributed by atoms with van der Waals surface area (Å²) in [6.45, 7) is 5.76. The Kier molecular flexibility index (Phi) is 9.57. The molecule has 0 radical (unpaired) electrons. The normalized spacial score (nSPS) is 13.4. The zero-order valence-electron chi connectivity index (χ0n) is 19.0. The molecule has 0 bridgehead atoms. The number of ketones is 1. The summed E-state index contributed by atoms with van der Waals surface area (Å²) in [5.74, 6) is 0.202.